The fourth-order valence-corrected chi connectivity index (χ4v) is 10.2. The van der Waals surface area contributed by atoms with Gasteiger partial charge >= 0.3 is 11.9 Å². The Bertz CT molecular complexity index is 1200. The number of rotatable bonds is 3. The zero-order valence-corrected chi connectivity index (χ0v) is 24.3. The van der Waals surface area contributed by atoms with Gasteiger partial charge < -0.3 is 38.6 Å². The standard InChI is InChI=1S/C31H42O10/c1-16(32)39-23-14-30(34)20-6-5-18-12-21-22(41-31(35)24(36-4)8-10-37-27(31)40-21)13-28(18,2)19(20)7-9-29(30,3)26(23)17-11-25(33)38-15-17/h11-12,19-24,26-27,34-35H,5-10,13-15H2,1-4H3/t19-,20+,21+,22+,23-,24-,26-,27-,28-,29+,30-,31?/m0/s1. The number of hydrogen-bond donors (Lipinski definition) is 2. The minimum atomic E-state index is -1.68. The van der Waals surface area contributed by atoms with Gasteiger partial charge in [0.2, 0.25) is 12.1 Å². The Morgan fingerprint density at radius 3 is 2.63 bits per heavy atom. The van der Waals surface area contributed by atoms with E-state index in [1.807, 2.05) is 0 Å². The van der Waals surface area contributed by atoms with Gasteiger partial charge in [-0.05, 0) is 54.9 Å². The summed E-state index contributed by atoms with van der Waals surface area (Å²) >= 11 is 0. The molecule has 0 aromatic carbocycles. The average Bonchev–Trinajstić information content (AvgIpc) is 3.42. The van der Waals surface area contributed by atoms with E-state index in [1.165, 1.54) is 18.6 Å². The summed E-state index contributed by atoms with van der Waals surface area (Å²) in [6.45, 7) is 6.36. The van der Waals surface area contributed by atoms with Crippen LogP contribution in [-0.4, -0.2) is 84.6 Å². The first-order valence-electron chi connectivity index (χ1n) is 15.1. The van der Waals surface area contributed by atoms with Crippen LogP contribution in [0.1, 0.15) is 65.7 Å². The predicted octanol–water partition coefficient (Wildman–Crippen LogP) is 2.55. The maximum Gasteiger partial charge on any atom is 0.331 e. The first-order chi connectivity index (χ1) is 19.4. The van der Waals surface area contributed by atoms with Crippen molar-refractivity contribution in [3.8, 4) is 0 Å². The van der Waals surface area contributed by atoms with Gasteiger partial charge in [0, 0.05) is 44.3 Å². The lowest BCUT2D eigenvalue weighted by Crippen LogP contribution is -2.68. The molecule has 3 aliphatic heterocycles. The van der Waals surface area contributed by atoms with Crippen LogP contribution >= 0.6 is 0 Å². The van der Waals surface area contributed by atoms with Crippen molar-refractivity contribution >= 4 is 11.9 Å². The maximum absolute atomic E-state index is 12.8. The zero-order chi connectivity index (χ0) is 28.9. The van der Waals surface area contributed by atoms with E-state index in [0.29, 0.717) is 25.9 Å². The molecule has 3 heterocycles. The third kappa shape index (κ3) is 3.83. The normalized spacial score (nSPS) is 52.1. The van der Waals surface area contributed by atoms with Crippen molar-refractivity contribution in [1.29, 1.82) is 0 Å². The molecule has 7 rings (SSSR count). The second-order valence-electron chi connectivity index (χ2n) is 13.8. The highest BCUT2D eigenvalue weighted by atomic mass is 16.8. The lowest BCUT2D eigenvalue weighted by atomic mass is 9.45. The summed E-state index contributed by atoms with van der Waals surface area (Å²) < 4.78 is 35.2. The Kier molecular flexibility index (Phi) is 6.37. The molecular formula is C31H42O10. The molecule has 1 unspecified atom stereocenters. The van der Waals surface area contributed by atoms with Crippen molar-refractivity contribution in [3.05, 3.63) is 23.3 Å². The Morgan fingerprint density at radius 1 is 1.12 bits per heavy atom. The molecule has 0 amide bonds. The molecule has 0 bridgehead atoms. The molecule has 0 aromatic rings. The highest BCUT2D eigenvalue weighted by Crippen LogP contribution is 2.70. The van der Waals surface area contributed by atoms with Gasteiger partial charge in [-0.25, -0.2) is 4.79 Å². The quantitative estimate of drug-likeness (QED) is 0.383. The number of ether oxygens (including phenoxy) is 6. The van der Waals surface area contributed by atoms with Crippen molar-refractivity contribution in [2.24, 2.45) is 28.6 Å². The van der Waals surface area contributed by atoms with Gasteiger partial charge in [-0.2, -0.15) is 0 Å². The molecule has 10 heteroatoms. The van der Waals surface area contributed by atoms with Crippen molar-refractivity contribution in [1.82, 2.24) is 0 Å². The summed E-state index contributed by atoms with van der Waals surface area (Å²) in [5.41, 5.74) is 0.167. The number of carbonyl (C=O) groups is 2. The van der Waals surface area contributed by atoms with Crippen LogP contribution in [0.5, 0.6) is 0 Å². The lowest BCUT2D eigenvalue weighted by molar-refractivity contribution is -0.442. The molecule has 41 heavy (non-hydrogen) atoms. The topological polar surface area (TPSA) is 130 Å². The van der Waals surface area contributed by atoms with Crippen LogP contribution in [0.3, 0.4) is 0 Å². The molecule has 0 spiro atoms. The summed E-state index contributed by atoms with van der Waals surface area (Å²) in [5, 5.41) is 24.3. The van der Waals surface area contributed by atoms with Gasteiger partial charge in [-0.1, -0.05) is 25.5 Å². The zero-order valence-electron chi connectivity index (χ0n) is 24.3. The molecular weight excluding hydrogens is 532 g/mol. The molecule has 3 saturated carbocycles. The second kappa shape index (κ2) is 9.34. The largest absolute Gasteiger partial charge is 0.462 e. The molecule has 226 valence electrons. The third-order valence-electron chi connectivity index (χ3n) is 12.0. The highest BCUT2D eigenvalue weighted by Gasteiger charge is 2.71. The Hall–Kier alpha value is -1.82. The Labute approximate surface area is 240 Å². The Balaban J connectivity index is 1.21. The van der Waals surface area contributed by atoms with E-state index in [9.17, 15) is 19.8 Å². The van der Waals surface area contributed by atoms with E-state index < -0.39 is 35.3 Å². The van der Waals surface area contributed by atoms with Crippen molar-refractivity contribution in [2.45, 2.75) is 108 Å². The highest BCUT2D eigenvalue weighted by molar-refractivity contribution is 5.85. The molecule has 5 fully saturated rings. The predicted molar refractivity (Wildman–Crippen MR) is 142 cm³/mol. The third-order valence-corrected chi connectivity index (χ3v) is 12.0. The minimum Gasteiger partial charge on any atom is -0.462 e. The van der Waals surface area contributed by atoms with Gasteiger partial charge in [-0.3, -0.25) is 4.79 Å². The van der Waals surface area contributed by atoms with Crippen molar-refractivity contribution < 1.29 is 48.2 Å². The van der Waals surface area contributed by atoms with Gasteiger partial charge in [0.25, 0.3) is 0 Å². The van der Waals surface area contributed by atoms with E-state index in [2.05, 4.69) is 19.9 Å². The van der Waals surface area contributed by atoms with Gasteiger partial charge in [0.15, 0.2) is 0 Å². The number of methoxy groups -OCH3 is 1. The summed E-state index contributed by atoms with van der Waals surface area (Å²) in [7, 11) is 1.56. The van der Waals surface area contributed by atoms with Crippen LogP contribution in [0.25, 0.3) is 0 Å². The average molecular weight is 575 g/mol. The summed E-state index contributed by atoms with van der Waals surface area (Å²) in [6.07, 6.45) is 5.69. The molecule has 12 atom stereocenters. The first kappa shape index (κ1) is 28.0. The van der Waals surface area contributed by atoms with Crippen LogP contribution in [0.4, 0.5) is 0 Å². The summed E-state index contributed by atoms with van der Waals surface area (Å²) in [5.74, 6) is -2.62. The fourth-order valence-electron chi connectivity index (χ4n) is 10.2. The number of cyclic esters (lactones) is 1. The second-order valence-corrected chi connectivity index (χ2v) is 13.8. The van der Waals surface area contributed by atoms with Crippen LogP contribution in [0.15, 0.2) is 23.3 Å². The number of aliphatic hydroxyl groups is 2. The Morgan fingerprint density at radius 2 is 1.93 bits per heavy atom. The van der Waals surface area contributed by atoms with E-state index >= 15 is 0 Å². The molecule has 4 aliphatic carbocycles. The number of allylic oxidation sites excluding steroid dienone is 1. The number of esters is 2. The fraction of sp³-hybridized carbons (Fsp3) is 0.806. The SMILES string of the molecule is CO[C@H]1CCO[C@H]2O[C@@H]3C=C4CC[C@@H]5[C@H](CC[C@]6(C)[C@@H](C7=CC(=O)OC7)[C@@H](OC(C)=O)C[C@]56O)[C@@]4(C)C[C@H]3OC21O. The summed E-state index contributed by atoms with van der Waals surface area (Å²) in [6, 6.07) is 0. The smallest absolute Gasteiger partial charge is 0.331 e. The minimum absolute atomic E-state index is 0.0355. The molecule has 0 radical (unpaired) electrons. The van der Waals surface area contributed by atoms with Crippen LogP contribution < -0.4 is 0 Å². The van der Waals surface area contributed by atoms with Crippen LogP contribution in [0, 0.1) is 28.6 Å². The maximum atomic E-state index is 12.8. The van der Waals surface area contributed by atoms with E-state index in [4.69, 9.17) is 28.4 Å². The molecule has 7 aliphatic rings. The number of carbonyl (C=O) groups excluding carboxylic acids is 2. The van der Waals surface area contributed by atoms with Crippen LogP contribution in [-0.2, 0) is 38.0 Å². The molecule has 10 nitrogen and oxygen atoms in total. The first-order valence-corrected chi connectivity index (χ1v) is 15.1. The molecule has 2 saturated heterocycles. The number of hydrogen-bond acceptors (Lipinski definition) is 10. The van der Waals surface area contributed by atoms with E-state index in [1.54, 1.807) is 7.11 Å². The molecule has 0 aromatic heterocycles. The van der Waals surface area contributed by atoms with Gasteiger partial charge in [-0.15, -0.1) is 0 Å². The van der Waals surface area contributed by atoms with Crippen molar-refractivity contribution in [2.75, 3.05) is 20.3 Å². The number of fused-ring (bicyclic) bond motifs is 7. The lowest BCUT2D eigenvalue weighted by Gasteiger charge is -2.63. The molecule has 2 N–H and O–H groups in total. The van der Waals surface area contributed by atoms with Gasteiger partial charge in [0.05, 0.1) is 18.3 Å². The van der Waals surface area contributed by atoms with E-state index in [0.717, 1.165) is 31.3 Å². The van der Waals surface area contributed by atoms with Crippen molar-refractivity contribution in [3.63, 3.8) is 0 Å². The monoisotopic (exact) mass is 574 g/mol. The summed E-state index contributed by atoms with van der Waals surface area (Å²) in [4.78, 5) is 24.2. The van der Waals surface area contributed by atoms with E-state index in [-0.39, 0.29) is 53.9 Å². The van der Waals surface area contributed by atoms with Gasteiger partial charge in [0.1, 0.15) is 24.9 Å². The van der Waals surface area contributed by atoms with Crippen LogP contribution in [0.2, 0.25) is 0 Å².